The zero-order chi connectivity index (χ0) is 16.5. The Hall–Kier alpha value is -1.89. The number of rotatable bonds is 4. The molecular formula is C18H20ClN4OS-. The summed E-state index contributed by atoms with van der Waals surface area (Å²) in [6.07, 6.45) is 2.56. The molecule has 1 aliphatic rings. The van der Waals surface area contributed by atoms with Crippen LogP contribution in [-0.2, 0) is 13.6 Å². The molecule has 0 aliphatic carbocycles. The third-order valence-corrected chi connectivity index (χ3v) is 5.41. The van der Waals surface area contributed by atoms with Crippen LogP contribution in [0.25, 0.3) is 11.0 Å². The molecule has 5 nitrogen and oxygen atoms in total. The minimum atomic E-state index is -0.0717. The van der Waals surface area contributed by atoms with Crippen LogP contribution < -0.4 is 17.7 Å². The molecule has 2 aromatic heterocycles. The van der Waals surface area contributed by atoms with Crippen molar-refractivity contribution in [3.05, 3.63) is 46.4 Å². The Balaban J connectivity index is 0.00000182. The number of nitrogens with one attached hydrogen (secondary N) is 1. The second kappa shape index (κ2) is 7.56. The van der Waals surface area contributed by atoms with Gasteiger partial charge in [-0.3, -0.25) is 9.69 Å². The van der Waals surface area contributed by atoms with Gasteiger partial charge in [-0.15, -0.1) is 11.3 Å². The van der Waals surface area contributed by atoms with Crippen molar-refractivity contribution in [1.82, 2.24) is 14.5 Å². The Bertz CT molecular complexity index is 869. The number of benzene rings is 1. The van der Waals surface area contributed by atoms with Gasteiger partial charge < -0.3 is 22.3 Å². The topological polar surface area (TPSA) is 50.2 Å². The third kappa shape index (κ3) is 3.71. The average molecular weight is 376 g/mol. The molecule has 7 heteroatoms. The van der Waals surface area contributed by atoms with Gasteiger partial charge in [0.2, 0.25) is 0 Å². The van der Waals surface area contributed by atoms with Crippen molar-refractivity contribution < 1.29 is 17.2 Å². The molecule has 0 bridgehead atoms. The summed E-state index contributed by atoms with van der Waals surface area (Å²) in [4.78, 5) is 20.1. The van der Waals surface area contributed by atoms with E-state index >= 15 is 0 Å². The van der Waals surface area contributed by atoms with E-state index in [4.69, 9.17) is 4.98 Å². The van der Waals surface area contributed by atoms with Crippen molar-refractivity contribution in [1.29, 1.82) is 0 Å². The molecule has 0 atom stereocenters. The summed E-state index contributed by atoms with van der Waals surface area (Å²) in [5.74, 6) is 1.01. The van der Waals surface area contributed by atoms with E-state index in [1.807, 2.05) is 35.7 Å². The molecule has 1 aromatic carbocycles. The summed E-state index contributed by atoms with van der Waals surface area (Å²) in [6.45, 7) is 3.21. The molecule has 1 N–H and O–H groups in total. The minimum Gasteiger partial charge on any atom is -1.00 e. The van der Waals surface area contributed by atoms with E-state index in [2.05, 4.69) is 21.8 Å². The summed E-state index contributed by atoms with van der Waals surface area (Å²) in [5, 5.41) is 4.85. The first-order chi connectivity index (χ1) is 11.7. The van der Waals surface area contributed by atoms with Crippen molar-refractivity contribution in [2.75, 3.05) is 18.4 Å². The molecule has 1 fully saturated rings. The van der Waals surface area contributed by atoms with Gasteiger partial charge in [-0.05, 0) is 55.6 Å². The van der Waals surface area contributed by atoms with Crippen LogP contribution in [0.15, 0.2) is 35.7 Å². The van der Waals surface area contributed by atoms with Crippen molar-refractivity contribution in [3.8, 4) is 0 Å². The van der Waals surface area contributed by atoms with Gasteiger partial charge in [-0.1, -0.05) is 6.07 Å². The lowest BCUT2D eigenvalue weighted by Crippen LogP contribution is -3.00. The molecule has 0 radical (unpaired) electrons. The first kappa shape index (κ1) is 17.9. The van der Waals surface area contributed by atoms with E-state index in [9.17, 15) is 4.79 Å². The first-order valence-corrected chi connectivity index (χ1v) is 9.11. The fourth-order valence-electron chi connectivity index (χ4n) is 3.21. The number of likely N-dealkylation sites (tertiary alicyclic amines) is 1. The number of carbonyl (C=O) groups excluding carboxylic acids is 1. The van der Waals surface area contributed by atoms with Gasteiger partial charge in [0.25, 0.3) is 5.91 Å². The molecule has 1 saturated heterocycles. The van der Waals surface area contributed by atoms with Crippen LogP contribution in [0.3, 0.4) is 0 Å². The fraction of sp³-hybridized carbons (Fsp3) is 0.333. The molecule has 1 amide bonds. The van der Waals surface area contributed by atoms with Crippen LogP contribution in [0, 0.1) is 0 Å². The van der Waals surface area contributed by atoms with Gasteiger partial charge in [0.05, 0.1) is 22.5 Å². The Morgan fingerprint density at radius 3 is 2.80 bits per heavy atom. The lowest BCUT2D eigenvalue weighted by molar-refractivity contribution is -0.0000126. The summed E-state index contributed by atoms with van der Waals surface area (Å²) >= 11 is 1.44. The minimum absolute atomic E-state index is 0. The predicted octanol–water partition coefficient (Wildman–Crippen LogP) is 0.487. The molecule has 3 aromatic rings. The van der Waals surface area contributed by atoms with Crippen LogP contribution in [0.4, 0.5) is 5.69 Å². The van der Waals surface area contributed by atoms with Crippen molar-refractivity contribution >= 4 is 34.0 Å². The van der Waals surface area contributed by atoms with Crippen LogP contribution in [-0.4, -0.2) is 33.4 Å². The van der Waals surface area contributed by atoms with Gasteiger partial charge in [0, 0.05) is 12.7 Å². The maximum atomic E-state index is 12.2. The van der Waals surface area contributed by atoms with Gasteiger partial charge >= 0.3 is 0 Å². The number of halogens is 1. The molecule has 3 heterocycles. The summed E-state index contributed by atoms with van der Waals surface area (Å²) in [7, 11) is 2.06. The maximum absolute atomic E-state index is 12.2. The fourth-order valence-corrected chi connectivity index (χ4v) is 3.83. The number of amides is 1. The lowest BCUT2D eigenvalue weighted by Gasteiger charge is -2.13. The van der Waals surface area contributed by atoms with E-state index in [0.29, 0.717) is 4.88 Å². The Morgan fingerprint density at radius 2 is 2.08 bits per heavy atom. The highest BCUT2D eigenvalue weighted by molar-refractivity contribution is 7.12. The third-order valence-electron chi connectivity index (χ3n) is 4.54. The second-order valence-corrected chi connectivity index (χ2v) is 7.15. The Morgan fingerprint density at radius 1 is 1.28 bits per heavy atom. The van der Waals surface area contributed by atoms with Gasteiger partial charge in [-0.25, -0.2) is 4.98 Å². The smallest absolute Gasteiger partial charge is 0.265 e. The number of aryl methyl sites for hydroxylation is 1. The zero-order valence-corrected chi connectivity index (χ0v) is 15.6. The summed E-state index contributed by atoms with van der Waals surface area (Å²) < 4.78 is 2.15. The van der Waals surface area contributed by atoms with Gasteiger partial charge in [-0.2, -0.15) is 0 Å². The number of nitrogens with zero attached hydrogens (tertiary/aromatic N) is 3. The number of imidazole rings is 1. The molecular weight excluding hydrogens is 356 g/mol. The number of carbonyl (C=O) groups is 1. The maximum Gasteiger partial charge on any atom is 0.265 e. The SMILES string of the molecule is Cn1c(CN2CCCC2)nc2cc(NC(=O)c3cccs3)ccc21.[Cl-]. The molecule has 0 unspecified atom stereocenters. The Kier molecular flexibility index (Phi) is 5.42. The van der Waals surface area contributed by atoms with E-state index in [1.54, 1.807) is 0 Å². The van der Waals surface area contributed by atoms with Crippen molar-refractivity contribution in [2.24, 2.45) is 7.05 Å². The number of thiophene rings is 1. The highest BCUT2D eigenvalue weighted by Crippen LogP contribution is 2.22. The quantitative estimate of drug-likeness (QED) is 0.722. The van der Waals surface area contributed by atoms with Crippen LogP contribution in [0.2, 0.25) is 0 Å². The normalized spacial score (nSPS) is 14.6. The first-order valence-electron chi connectivity index (χ1n) is 8.23. The van der Waals surface area contributed by atoms with Crippen LogP contribution >= 0.6 is 11.3 Å². The number of aromatic nitrogens is 2. The molecule has 0 spiro atoms. The van der Waals surface area contributed by atoms with E-state index in [1.165, 1.54) is 24.2 Å². The second-order valence-electron chi connectivity index (χ2n) is 6.21. The van der Waals surface area contributed by atoms with Crippen LogP contribution in [0.1, 0.15) is 28.3 Å². The Labute approximate surface area is 157 Å². The van der Waals surface area contributed by atoms with E-state index in [-0.39, 0.29) is 18.3 Å². The predicted molar refractivity (Wildman–Crippen MR) is 97.5 cm³/mol. The zero-order valence-electron chi connectivity index (χ0n) is 14.0. The van der Waals surface area contributed by atoms with Crippen LogP contribution in [0.5, 0.6) is 0 Å². The molecule has 0 saturated carbocycles. The van der Waals surface area contributed by atoms with E-state index in [0.717, 1.165) is 42.2 Å². The van der Waals surface area contributed by atoms with Crippen molar-refractivity contribution in [3.63, 3.8) is 0 Å². The molecule has 25 heavy (non-hydrogen) atoms. The highest BCUT2D eigenvalue weighted by atomic mass is 35.5. The lowest BCUT2D eigenvalue weighted by atomic mass is 10.2. The number of hydrogen-bond donors (Lipinski definition) is 1. The average Bonchev–Trinajstić information content (AvgIpc) is 3.31. The summed E-state index contributed by atoms with van der Waals surface area (Å²) in [5.41, 5.74) is 2.81. The molecule has 132 valence electrons. The summed E-state index contributed by atoms with van der Waals surface area (Å²) in [6, 6.07) is 9.63. The van der Waals surface area contributed by atoms with Crippen molar-refractivity contribution in [2.45, 2.75) is 19.4 Å². The monoisotopic (exact) mass is 375 g/mol. The number of fused-ring (bicyclic) bond motifs is 1. The standard InChI is InChI=1S/C18H20N4OS.ClH/c1-21-15-7-6-13(19-18(23)16-5-4-10-24-16)11-14(15)20-17(21)12-22-8-2-3-9-22;/h4-7,10-11H,2-3,8-9,12H2,1H3,(H,19,23);1H/p-1. The highest BCUT2D eigenvalue weighted by Gasteiger charge is 2.16. The molecule has 1 aliphatic heterocycles. The van der Waals surface area contributed by atoms with Gasteiger partial charge in [0.1, 0.15) is 5.82 Å². The van der Waals surface area contributed by atoms with Gasteiger partial charge in [0.15, 0.2) is 0 Å². The van der Waals surface area contributed by atoms with E-state index < -0.39 is 0 Å². The number of hydrogen-bond acceptors (Lipinski definition) is 4. The largest absolute Gasteiger partial charge is 1.00 e. The number of anilines is 1. The molecule has 4 rings (SSSR count).